The van der Waals surface area contributed by atoms with Gasteiger partial charge in [-0.25, -0.2) is 0 Å². The largest absolute Gasteiger partial charge is 0.496 e. The summed E-state index contributed by atoms with van der Waals surface area (Å²) in [6.07, 6.45) is 5.90. The van der Waals surface area contributed by atoms with Crippen molar-refractivity contribution in [2.45, 2.75) is 44.8 Å². The van der Waals surface area contributed by atoms with Gasteiger partial charge >= 0.3 is 0 Å². The molecule has 1 N–H and O–H groups in total. The Balaban J connectivity index is 1.33. The van der Waals surface area contributed by atoms with E-state index in [-0.39, 0.29) is 17.9 Å². The first-order chi connectivity index (χ1) is 15.5. The Morgan fingerprint density at radius 3 is 2.72 bits per heavy atom. The van der Waals surface area contributed by atoms with Crippen LogP contribution in [0.4, 0.5) is 0 Å². The van der Waals surface area contributed by atoms with Crippen molar-refractivity contribution in [1.82, 2.24) is 20.0 Å². The number of likely N-dealkylation sites (tertiary alicyclic amines) is 1. The molecular formula is C24H32N4O4. The summed E-state index contributed by atoms with van der Waals surface area (Å²) in [6, 6.07) is 7.65. The fourth-order valence-electron chi connectivity index (χ4n) is 4.60. The van der Waals surface area contributed by atoms with Crippen molar-refractivity contribution in [3.63, 3.8) is 0 Å². The van der Waals surface area contributed by atoms with Gasteiger partial charge in [-0.2, -0.15) is 5.10 Å². The van der Waals surface area contributed by atoms with Gasteiger partial charge in [0.25, 0.3) is 11.8 Å². The molecule has 2 aliphatic heterocycles. The quantitative estimate of drug-likeness (QED) is 0.714. The van der Waals surface area contributed by atoms with Crippen LogP contribution in [0.25, 0.3) is 0 Å². The molecule has 2 fully saturated rings. The SMILES string of the molecule is COc1ccccc1CNC(=O)c1cn(C)nc1CC1CCN(C(=O)C2CCCO2)CC1. The van der Waals surface area contributed by atoms with Gasteiger partial charge in [-0.3, -0.25) is 14.3 Å². The number of methoxy groups -OCH3 is 1. The van der Waals surface area contributed by atoms with E-state index in [2.05, 4.69) is 10.4 Å². The maximum Gasteiger partial charge on any atom is 0.255 e. The predicted octanol–water partition coefficient (Wildman–Crippen LogP) is 2.32. The highest BCUT2D eigenvalue weighted by Gasteiger charge is 2.31. The van der Waals surface area contributed by atoms with E-state index in [4.69, 9.17) is 9.47 Å². The highest BCUT2D eigenvalue weighted by atomic mass is 16.5. The minimum Gasteiger partial charge on any atom is -0.496 e. The number of piperidine rings is 1. The topological polar surface area (TPSA) is 85.7 Å². The summed E-state index contributed by atoms with van der Waals surface area (Å²) in [4.78, 5) is 27.4. The second kappa shape index (κ2) is 10.2. The van der Waals surface area contributed by atoms with Gasteiger partial charge in [-0.15, -0.1) is 0 Å². The van der Waals surface area contributed by atoms with Crippen LogP contribution in [0.5, 0.6) is 5.75 Å². The molecule has 172 valence electrons. The van der Waals surface area contributed by atoms with Crippen LogP contribution in [0.1, 0.15) is 47.3 Å². The van der Waals surface area contributed by atoms with E-state index in [0.29, 0.717) is 24.6 Å². The molecule has 2 amide bonds. The number of para-hydroxylation sites is 1. The third kappa shape index (κ3) is 5.12. The van der Waals surface area contributed by atoms with Crippen LogP contribution in [-0.2, 0) is 29.5 Å². The predicted molar refractivity (Wildman–Crippen MR) is 119 cm³/mol. The number of nitrogens with one attached hydrogen (secondary N) is 1. The molecule has 8 nitrogen and oxygen atoms in total. The van der Waals surface area contributed by atoms with Crippen LogP contribution in [-0.4, -0.2) is 59.4 Å². The van der Waals surface area contributed by atoms with Crippen molar-refractivity contribution in [3.05, 3.63) is 47.3 Å². The Morgan fingerprint density at radius 1 is 1.22 bits per heavy atom. The number of aryl methyl sites for hydroxylation is 1. The first kappa shape index (κ1) is 22.3. The van der Waals surface area contributed by atoms with E-state index in [9.17, 15) is 9.59 Å². The molecule has 2 aliphatic rings. The number of carbonyl (C=O) groups excluding carboxylic acids is 2. The minimum atomic E-state index is -0.249. The molecule has 1 unspecified atom stereocenters. The second-order valence-electron chi connectivity index (χ2n) is 8.63. The molecule has 8 heteroatoms. The van der Waals surface area contributed by atoms with Gasteiger partial charge in [0, 0.05) is 45.0 Å². The van der Waals surface area contributed by atoms with Crippen molar-refractivity contribution >= 4 is 11.8 Å². The maximum atomic E-state index is 12.9. The molecule has 2 aromatic rings. The summed E-state index contributed by atoms with van der Waals surface area (Å²) in [6.45, 7) is 2.56. The lowest BCUT2D eigenvalue weighted by atomic mass is 9.91. The van der Waals surface area contributed by atoms with Gasteiger partial charge < -0.3 is 19.7 Å². The Bertz CT molecular complexity index is 943. The molecule has 2 saturated heterocycles. The molecule has 32 heavy (non-hydrogen) atoms. The van der Waals surface area contributed by atoms with Crippen molar-refractivity contribution in [1.29, 1.82) is 0 Å². The van der Waals surface area contributed by atoms with Gasteiger partial charge in [0.2, 0.25) is 0 Å². The first-order valence-electron chi connectivity index (χ1n) is 11.4. The van der Waals surface area contributed by atoms with E-state index in [1.807, 2.05) is 36.2 Å². The first-order valence-corrected chi connectivity index (χ1v) is 11.4. The molecule has 1 aromatic carbocycles. The second-order valence-corrected chi connectivity index (χ2v) is 8.63. The summed E-state index contributed by atoms with van der Waals surface area (Å²) in [7, 11) is 3.46. The number of rotatable bonds is 7. The number of ether oxygens (including phenoxy) is 2. The molecule has 3 heterocycles. The van der Waals surface area contributed by atoms with Crippen molar-refractivity contribution in [2.75, 3.05) is 26.8 Å². The maximum absolute atomic E-state index is 12.9. The Morgan fingerprint density at radius 2 is 2.00 bits per heavy atom. The monoisotopic (exact) mass is 440 g/mol. The lowest BCUT2D eigenvalue weighted by Gasteiger charge is -2.33. The van der Waals surface area contributed by atoms with Crippen LogP contribution in [0, 0.1) is 5.92 Å². The molecule has 1 atom stereocenters. The number of hydrogen-bond acceptors (Lipinski definition) is 5. The van der Waals surface area contributed by atoms with E-state index >= 15 is 0 Å². The van der Waals surface area contributed by atoms with E-state index < -0.39 is 0 Å². The van der Waals surface area contributed by atoms with E-state index in [1.54, 1.807) is 18.0 Å². The highest BCUT2D eigenvalue weighted by molar-refractivity contribution is 5.95. The molecule has 0 spiro atoms. The number of nitrogens with zero attached hydrogens (tertiary/aromatic N) is 3. The van der Waals surface area contributed by atoms with Crippen molar-refractivity contribution < 1.29 is 19.1 Å². The Labute approximate surface area is 188 Å². The number of aromatic nitrogens is 2. The van der Waals surface area contributed by atoms with Crippen molar-refractivity contribution in [2.24, 2.45) is 13.0 Å². The van der Waals surface area contributed by atoms with Crippen LogP contribution in [0.15, 0.2) is 30.5 Å². The van der Waals surface area contributed by atoms with Gasteiger partial charge in [-0.1, -0.05) is 18.2 Å². The number of amides is 2. The number of hydrogen-bond donors (Lipinski definition) is 1. The normalized spacial score (nSPS) is 19.2. The fraction of sp³-hybridized carbons (Fsp3) is 0.542. The van der Waals surface area contributed by atoms with Crippen molar-refractivity contribution in [3.8, 4) is 5.75 Å². The van der Waals surface area contributed by atoms with Crippen LogP contribution in [0.2, 0.25) is 0 Å². The molecule has 0 radical (unpaired) electrons. The molecule has 4 rings (SSSR count). The van der Waals surface area contributed by atoms with E-state index in [1.165, 1.54) is 0 Å². The van der Waals surface area contributed by atoms with Crippen LogP contribution < -0.4 is 10.1 Å². The van der Waals surface area contributed by atoms with E-state index in [0.717, 1.165) is 62.2 Å². The molecular weight excluding hydrogens is 408 g/mol. The Hall–Kier alpha value is -2.87. The fourth-order valence-corrected chi connectivity index (χ4v) is 4.60. The third-order valence-corrected chi connectivity index (χ3v) is 6.40. The standard InChI is InChI=1S/C24H32N4O4/c1-27-16-19(23(29)25-15-18-6-3-4-7-21(18)31-2)20(26-27)14-17-9-11-28(12-10-17)24(30)22-8-5-13-32-22/h3-4,6-7,16-17,22H,5,8-15H2,1-2H3,(H,25,29). The summed E-state index contributed by atoms with van der Waals surface area (Å²) >= 11 is 0. The molecule has 0 bridgehead atoms. The smallest absolute Gasteiger partial charge is 0.255 e. The zero-order chi connectivity index (χ0) is 22.5. The lowest BCUT2D eigenvalue weighted by molar-refractivity contribution is -0.142. The minimum absolute atomic E-state index is 0.134. The average molecular weight is 441 g/mol. The van der Waals surface area contributed by atoms with Gasteiger partial charge in [0.15, 0.2) is 0 Å². The molecule has 0 saturated carbocycles. The summed E-state index contributed by atoms with van der Waals surface area (Å²) < 4.78 is 12.6. The summed E-state index contributed by atoms with van der Waals surface area (Å²) in [5.74, 6) is 1.16. The van der Waals surface area contributed by atoms with Crippen LogP contribution in [0.3, 0.4) is 0 Å². The summed E-state index contributed by atoms with van der Waals surface area (Å²) in [5.41, 5.74) is 2.35. The van der Waals surface area contributed by atoms with Gasteiger partial charge in [-0.05, 0) is 44.1 Å². The Kier molecular flexibility index (Phi) is 7.09. The third-order valence-electron chi connectivity index (χ3n) is 6.40. The van der Waals surface area contributed by atoms with Gasteiger partial charge in [0.1, 0.15) is 11.9 Å². The number of carbonyl (C=O) groups is 2. The lowest BCUT2D eigenvalue weighted by Crippen LogP contribution is -2.44. The number of benzene rings is 1. The molecule has 0 aliphatic carbocycles. The van der Waals surface area contributed by atoms with Crippen LogP contribution >= 0.6 is 0 Å². The summed E-state index contributed by atoms with van der Waals surface area (Å²) in [5, 5.41) is 7.56. The molecule has 1 aromatic heterocycles. The average Bonchev–Trinajstić information content (AvgIpc) is 3.48. The highest BCUT2D eigenvalue weighted by Crippen LogP contribution is 2.25. The van der Waals surface area contributed by atoms with Gasteiger partial charge in [0.05, 0.1) is 18.4 Å². The zero-order valence-electron chi connectivity index (χ0n) is 18.9. The zero-order valence-corrected chi connectivity index (χ0v) is 18.9.